The van der Waals surface area contributed by atoms with Crippen LogP contribution in [0.4, 0.5) is 10.5 Å². The fourth-order valence-corrected chi connectivity index (χ4v) is 6.54. The lowest BCUT2D eigenvalue weighted by molar-refractivity contribution is -0.0200. The van der Waals surface area contributed by atoms with Crippen LogP contribution in [0.15, 0.2) is 22.6 Å². The van der Waals surface area contributed by atoms with Crippen molar-refractivity contribution in [3.8, 4) is 0 Å². The number of nitrogens with one attached hydrogen (secondary N) is 2. The third-order valence-electron chi connectivity index (χ3n) is 6.48. The fraction of sp³-hybridized carbons (Fsp3) is 0.571. The molecule has 0 aromatic heterocycles. The Kier molecular flexibility index (Phi) is 5.89. The normalized spacial score (nSPS) is 25.4. The van der Waals surface area contributed by atoms with Crippen LogP contribution in [0.1, 0.15) is 55.7 Å². The molecule has 0 saturated heterocycles. The number of urea groups is 1. The van der Waals surface area contributed by atoms with Gasteiger partial charge in [0.25, 0.3) is 0 Å². The number of thioether (sulfide) groups is 1. The number of fused-ring (bicyclic) bond motifs is 1. The molecule has 1 aromatic rings. The van der Waals surface area contributed by atoms with Gasteiger partial charge in [-0.3, -0.25) is 4.90 Å². The average Bonchev–Trinajstić information content (AvgIpc) is 3.25. The Hall–Kier alpha value is -1.59. The molecule has 1 aromatic carbocycles. The number of hydrogen-bond acceptors (Lipinski definition) is 6. The van der Waals surface area contributed by atoms with Crippen LogP contribution < -0.4 is 10.5 Å². The third-order valence-corrected chi connectivity index (χ3v) is 9.51. The second-order valence-electron chi connectivity index (χ2n) is 9.02. The molecule has 2 amide bonds. The molecule has 4 rings (SSSR count). The van der Waals surface area contributed by atoms with E-state index in [-0.39, 0.29) is 4.24 Å². The van der Waals surface area contributed by atoms with Gasteiger partial charge in [-0.2, -0.15) is 0 Å². The van der Waals surface area contributed by atoms with E-state index in [0.29, 0.717) is 11.8 Å². The summed E-state index contributed by atoms with van der Waals surface area (Å²) in [7, 11) is -3.57. The van der Waals surface area contributed by atoms with Crippen molar-refractivity contribution in [1.29, 1.82) is 4.78 Å². The number of rotatable bonds is 6. The van der Waals surface area contributed by atoms with Gasteiger partial charge in [0.2, 0.25) is 0 Å². The number of carbonyl (C=O) groups excluding carboxylic acids is 1. The Morgan fingerprint density at radius 3 is 2.77 bits per heavy atom. The lowest BCUT2D eigenvalue weighted by Gasteiger charge is -2.34. The minimum atomic E-state index is -3.57. The summed E-state index contributed by atoms with van der Waals surface area (Å²) in [5.41, 5.74) is 2.66. The monoisotopic (exact) mass is 466 g/mol. The zero-order valence-electron chi connectivity index (χ0n) is 17.8. The Morgan fingerprint density at radius 1 is 1.45 bits per heavy atom. The molecule has 3 aliphatic rings. The van der Waals surface area contributed by atoms with Crippen molar-refractivity contribution in [2.24, 2.45) is 11.1 Å². The van der Waals surface area contributed by atoms with Gasteiger partial charge in [0, 0.05) is 11.9 Å². The smallest absolute Gasteiger partial charge is 0.327 e. The zero-order valence-corrected chi connectivity index (χ0v) is 19.4. The summed E-state index contributed by atoms with van der Waals surface area (Å²) < 4.78 is 19.8. The number of nitrogens with two attached hydrogens (primary N) is 1. The molecule has 1 fully saturated rings. The maximum atomic E-state index is 13.4. The molecule has 0 radical (unpaired) electrons. The Balaban J connectivity index is 1.69. The minimum Gasteiger partial charge on any atom is -0.393 e. The summed E-state index contributed by atoms with van der Waals surface area (Å²) in [6.07, 6.45) is 6.56. The number of benzene rings is 1. The molecule has 1 saturated carbocycles. The number of hydrogen-bond donors (Lipinski definition) is 5. The molecule has 1 aliphatic heterocycles. The number of aryl methyl sites for hydroxylation is 1. The van der Waals surface area contributed by atoms with Gasteiger partial charge in [-0.1, -0.05) is 30.8 Å². The lowest BCUT2D eigenvalue weighted by Crippen LogP contribution is -2.50. The molecule has 8 nitrogen and oxygen atoms in total. The standard InChI is InChI=1S/C21H30N4O4S2/c1-12(13-6-7-13)15-9-8-14-4-3-5-16(14)18(15)24-20(27)25-10-17(31(22,23)29)30-19(25)21(2,28)11-26/h8-10,12-13,19,26,28H,3-7,11H2,1-2H3,(H,24,27)(H3,22,23,29)/t12-,19?,21-/m0/s1. The van der Waals surface area contributed by atoms with E-state index in [4.69, 9.17) is 9.92 Å². The first kappa shape index (κ1) is 22.6. The second kappa shape index (κ2) is 8.08. The number of nitrogens with zero attached hydrogens (tertiary/aromatic N) is 1. The first-order chi connectivity index (χ1) is 14.5. The highest BCUT2D eigenvalue weighted by atomic mass is 32.3. The van der Waals surface area contributed by atoms with Gasteiger partial charge in [0.15, 0.2) is 0 Å². The van der Waals surface area contributed by atoms with Gasteiger partial charge in [-0.05, 0) is 67.6 Å². The first-order valence-electron chi connectivity index (χ1n) is 10.5. The van der Waals surface area contributed by atoms with Crippen molar-refractivity contribution in [2.75, 3.05) is 11.9 Å². The molecule has 31 heavy (non-hydrogen) atoms. The van der Waals surface area contributed by atoms with Crippen molar-refractivity contribution in [1.82, 2.24) is 4.90 Å². The molecular weight excluding hydrogens is 436 g/mol. The van der Waals surface area contributed by atoms with Crippen LogP contribution in [0.25, 0.3) is 0 Å². The summed E-state index contributed by atoms with van der Waals surface area (Å²) >= 11 is 0.875. The SMILES string of the molecule is C[C@H](c1ccc2c(c1NC(=O)N1C=C(S(=N)(N)=O)SC1[C@@](C)(O)CO)CCC2)C1CC1. The van der Waals surface area contributed by atoms with Crippen LogP contribution in [0.3, 0.4) is 0 Å². The fourth-order valence-electron chi connectivity index (χ4n) is 4.43. The van der Waals surface area contributed by atoms with Crippen molar-refractivity contribution >= 4 is 33.4 Å². The van der Waals surface area contributed by atoms with Gasteiger partial charge in [-0.25, -0.2) is 18.9 Å². The quantitative estimate of drug-likeness (QED) is 0.438. The molecule has 0 bridgehead atoms. The van der Waals surface area contributed by atoms with Gasteiger partial charge >= 0.3 is 6.03 Å². The summed E-state index contributed by atoms with van der Waals surface area (Å²) in [5.74, 6) is 0.949. The number of amides is 2. The van der Waals surface area contributed by atoms with Crippen LogP contribution in [0.5, 0.6) is 0 Å². The van der Waals surface area contributed by atoms with Crippen LogP contribution >= 0.6 is 11.8 Å². The van der Waals surface area contributed by atoms with Crippen molar-refractivity contribution < 1.29 is 19.2 Å². The number of carbonyl (C=O) groups is 1. The third kappa shape index (κ3) is 4.36. The molecule has 170 valence electrons. The summed E-state index contributed by atoms with van der Waals surface area (Å²) in [4.78, 5) is 14.6. The second-order valence-corrected chi connectivity index (χ2v) is 12.0. The van der Waals surface area contributed by atoms with Crippen LogP contribution in [0, 0.1) is 10.7 Å². The molecule has 1 heterocycles. The predicted octanol–water partition coefficient (Wildman–Crippen LogP) is 3.06. The number of aliphatic hydroxyl groups is 2. The van der Waals surface area contributed by atoms with Crippen molar-refractivity contribution in [3.05, 3.63) is 39.3 Å². The van der Waals surface area contributed by atoms with E-state index in [1.165, 1.54) is 36.4 Å². The summed E-state index contributed by atoms with van der Waals surface area (Å²) in [6, 6.07) is 3.77. The maximum Gasteiger partial charge on any atom is 0.327 e. The van der Waals surface area contributed by atoms with E-state index in [0.717, 1.165) is 47.8 Å². The Bertz CT molecular complexity index is 1030. The lowest BCUT2D eigenvalue weighted by atomic mass is 9.91. The predicted molar refractivity (Wildman–Crippen MR) is 123 cm³/mol. The van der Waals surface area contributed by atoms with Gasteiger partial charge in [-0.15, -0.1) is 0 Å². The molecule has 6 N–H and O–H groups in total. The summed E-state index contributed by atoms with van der Waals surface area (Å²) in [5, 5.41) is 27.9. The van der Waals surface area contributed by atoms with Crippen LogP contribution in [0.2, 0.25) is 0 Å². The summed E-state index contributed by atoms with van der Waals surface area (Å²) in [6.45, 7) is 2.98. The maximum absolute atomic E-state index is 13.4. The van der Waals surface area contributed by atoms with Crippen LogP contribution in [-0.2, 0) is 22.8 Å². The Labute approximate surface area is 187 Å². The molecule has 0 spiro atoms. The molecule has 2 unspecified atom stereocenters. The van der Waals surface area contributed by atoms with E-state index >= 15 is 0 Å². The van der Waals surface area contributed by atoms with Crippen molar-refractivity contribution in [2.45, 2.75) is 62.8 Å². The number of anilines is 1. The topological polar surface area (TPSA) is 140 Å². The van der Waals surface area contributed by atoms with E-state index in [2.05, 4.69) is 24.4 Å². The number of aliphatic hydroxyl groups excluding tert-OH is 1. The van der Waals surface area contributed by atoms with Gasteiger partial charge < -0.3 is 15.5 Å². The minimum absolute atomic E-state index is 0.00811. The van der Waals surface area contributed by atoms with E-state index in [1.54, 1.807) is 0 Å². The highest BCUT2D eigenvalue weighted by molar-refractivity contribution is 8.18. The van der Waals surface area contributed by atoms with Gasteiger partial charge in [0.1, 0.15) is 25.1 Å². The molecule has 2 aliphatic carbocycles. The van der Waals surface area contributed by atoms with E-state index in [9.17, 15) is 19.2 Å². The van der Waals surface area contributed by atoms with E-state index < -0.39 is 33.5 Å². The zero-order chi connectivity index (χ0) is 22.6. The van der Waals surface area contributed by atoms with Crippen LogP contribution in [-0.4, -0.2) is 42.9 Å². The van der Waals surface area contributed by atoms with Gasteiger partial charge in [0.05, 0.1) is 6.61 Å². The van der Waals surface area contributed by atoms with E-state index in [1.807, 2.05) is 0 Å². The largest absolute Gasteiger partial charge is 0.393 e. The highest BCUT2D eigenvalue weighted by Gasteiger charge is 2.44. The van der Waals surface area contributed by atoms with Crippen molar-refractivity contribution in [3.63, 3.8) is 0 Å². The molecule has 10 heteroatoms. The highest BCUT2D eigenvalue weighted by Crippen LogP contribution is 2.47. The molecule has 4 atom stereocenters. The first-order valence-corrected chi connectivity index (χ1v) is 13.0. The Morgan fingerprint density at radius 2 is 2.16 bits per heavy atom. The molecular formula is C21H30N4O4S2. The average molecular weight is 467 g/mol.